The number of esters is 1. The van der Waals surface area contributed by atoms with E-state index in [4.69, 9.17) is 17.0 Å². The van der Waals surface area contributed by atoms with Crippen LogP contribution in [0.4, 0.5) is 0 Å². The minimum Gasteiger partial charge on any atom is -0.478 e. The van der Waals surface area contributed by atoms with Crippen LogP contribution in [0.15, 0.2) is 54.7 Å². The van der Waals surface area contributed by atoms with Crippen molar-refractivity contribution in [1.29, 1.82) is 0 Å². The first-order chi connectivity index (χ1) is 16.8. The maximum atomic E-state index is 11.7. The number of rotatable bonds is 8. The van der Waals surface area contributed by atoms with Crippen molar-refractivity contribution in [1.82, 2.24) is 19.8 Å². The fraction of sp³-hybridized carbons (Fsp3) is 0.308. The van der Waals surface area contributed by atoms with Crippen LogP contribution in [-0.2, 0) is 9.53 Å². The first kappa shape index (κ1) is 24.4. The number of ether oxygens (including phenoxy) is 1. The van der Waals surface area contributed by atoms with Gasteiger partial charge in [0.25, 0.3) is 0 Å². The summed E-state index contributed by atoms with van der Waals surface area (Å²) in [5.74, 6) is -1.22. The number of aryl methyl sites for hydroxylation is 1. The fourth-order valence-corrected chi connectivity index (χ4v) is 5.07. The van der Waals surface area contributed by atoms with Gasteiger partial charge in [-0.05, 0) is 74.4 Å². The molecule has 1 saturated heterocycles. The summed E-state index contributed by atoms with van der Waals surface area (Å²) in [4.78, 5) is 29.9. The second-order valence-corrected chi connectivity index (χ2v) is 8.90. The number of carboxylic acids is 1. The number of nitrogens with one attached hydrogen (secondary N) is 1. The Morgan fingerprint density at radius 2 is 1.97 bits per heavy atom. The Hall–Kier alpha value is -3.72. The Balaban J connectivity index is 1.76. The van der Waals surface area contributed by atoms with Crippen LogP contribution < -0.4 is 5.32 Å². The molecule has 1 aliphatic rings. The number of carbonyl (C=O) groups excluding carboxylic acids is 1. The van der Waals surface area contributed by atoms with Crippen molar-refractivity contribution in [3.8, 4) is 5.69 Å². The topological polar surface area (TPSA) is 96.7 Å². The highest BCUT2D eigenvalue weighted by molar-refractivity contribution is 7.80. The van der Waals surface area contributed by atoms with Gasteiger partial charge in [-0.1, -0.05) is 12.1 Å². The van der Waals surface area contributed by atoms with E-state index in [1.54, 1.807) is 24.4 Å². The Morgan fingerprint density at radius 3 is 2.66 bits per heavy atom. The molecule has 0 aliphatic carbocycles. The number of pyridine rings is 1. The smallest absolute Gasteiger partial charge is 0.335 e. The lowest BCUT2D eigenvalue weighted by Gasteiger charge is -2.28. The van der Waals surface area contributed by atoms with Crippen LogP contribution in [0.25, 0.3) is 5.69 Å². The van der Waals surface area contributed by atoms with Crippen molar-refractivity contribution in [3.63, 3.8) is 0 Å². The normalized spacial score (nSPS) is 17.3. The Morgan fingerprint density at radius 1 is 1.17 bits per heavy atom. The minimum atomic E-state index is -0.966. The van der Waals surface area contributed by atoms with E-state index >= 15 is 0 Å². The van der Waals surface area contributed by atoms with E-state index in [-0.39, 0.29) is 23.6 Å². The van der Waals surface area contributed by atoms with E-state index in [1.807, 2.05) is 38.1 Å². The molecule has 0 spiro atoms. The Bertz CT molecular complexity index is 1260. The number of thiocarbonyl (C=S) groups is 1. The van der Waals surface area contributed by atoms with Crippen molar-refractivity contribution < 1.29 is 19.4 Å². The van der Waals surface area contributed by atoms with Gasteiger partial charge >= 0.3 is 11.9 Å². The molecule has 1 fully saturated rings. The lowest BCUT2D eigenvalue weighted by Crippen LogP contribution is -2.31. The molecule has 2 atom stereocenters. The van der Waals surface area contributed by atoms with Gasteiger partial charge in [-0.25, -0.2) is 4.79 Å². The second-order valence-electron chi connectivity index (χ2n) is 8.52. The molecule has 2 aromatic heterocycles. The summed E-state index contributed by atoms with van der Waals surface area (Å²) in [5.41, 5.74) is 4.91. The number of carboxylic acid groups (broad SMARTS) is 1. The Kier molecular flexibility index (Phi) is 7.16. The number of carbonyl (C=O) groups is 2. The number of benzene rings is 1. The molecule has 1 aliphatic heterocycles. The van der Waals surface area contributed by atoms with Crippen LogP contribution in [-0.4, -0.2) is 50.3 Å². The molecule has 2 unspecified atom stereocenters. The van der Waals surface area contributed by atoms with Gasteiger partial charge in [-0.15, -0.1) is 0 Å². The lowest BCUT2D eigenvalue weighted by molar-refractivity contribution is -0.140. The molecule has 2 N–H and O–H groups in total. The number of hydrogen-bond donors (Lipinski definition) is 2. The minimum absolute atomic E-state index is 0.155. The van der Waals surface area contributed by atoms with Crippen molar-refractivity contribution >= 4 is 29.3 Å². The van der Waals surface area contributed by atoms with E-state index in [1.165, 1.54) is 7.11 Å². The van der Waals surface area contributed by atoms with Crippen LogP contribution in [0.1, 0.15) is 57.9 Å². The molecule has 0 saturated carbocycles. The average Bonchev–Trinajstić information content (AvgIpc) is 3.34. The van der Waals surface area contributed by atoms with Crippen LogP contribution in [0.2, 0.25) is 0 Å². The monoisotopic (exact) mass is 492 g/mol. The summed E-state index contributed by atoms with van der Waals surface area (Å²) >= 11 is 5.72. The quantitative estimate of drug-likeness (QED) is 0.358. The zero-order valence-corrected chi connectivity index (χ0v) is 20.7. The van der Waals surface area contributed by atoms with E-state index in [0.29, 0.717) is 24.5 Å². The third-order valence-electron chi connectivity index (χ3n) is 6.35. The van der Waals surface area contributed by atoms with Crippen molar-refractivity contribution in [2.75, 3.05) is 13.7 Å². The molecule has 3 aromatic rings. The first-order valence-corrected chi connectivity index (χ1v) is 11.8. The molecule has 3 heterocycles. The molecule has 8 nitrogen and oxygen atoms in total. The predicted octanol–water partition coefficient (Wildman–Crippen LogP) is 4.11. The highest BCUT2D eigenvalue weighted by Gasteiger charge is 2.41. The van der Waals surface area contributed by atoms with Gasteiger partial charge in [0.05, 0.1) is 30.5 Å². The first-order valence-electron chi connectivity index (χ1n) is 11.4. The highest BCUT2D eigenvalue weighted by atomic mass is 32.1. The number of methoxy groups -OCH3 is 1. The molecule has 0 bridgehead atoms. The summed E-state index contributed by atoms with van der Waals surface area (Å²) in [6.45, 7) is 4.61. The van der Waals surface area contributed by atoms with Crippen LogP contribution >= 0.6 is 12.2 Å². The van der Waals surface area contributed by atoms with E-state index < -0.39 is 5.97 Å². The summed E-state index contributed by atoms with van der Waals surface area (Å²) < 4.78 is 6.86. The van der Waals surface area contributed by atoms with Crippen molar-refractivity contribution in [3.05, 3.63) is 82.9 Å². The summed E-state index contributed by atoms with van der Waals surface area (Å²) in [7, 11) is 1.39. The molecule has 182 valence electrons. The third kappa shape index (κ3) is 4.90. The zero-order chi connectivity index (χ0) is 25.1. The summed E-state index contributed by atoms with van der Waals surface area (Å²) in [6, 6.07) is 14.5. The number of hydrogen-bond acceptors (Lipinski definition) is 5. The van der Waals surface area contributed by atoms with Gasteiger partial charge in [0.1, 0.15) is 0 Å². The number of aromatic nitrogens is 2. The number of aromatic carboxylic acids is 1. The SMILES string of the molecule is COC(=O)CCCN1C(=S)NC(c2ccccn2)C1c1cc(C)n(-c2cccc(C(=O)O)c2)c1C. The van der Waals surface area contributed by atoms with E-state index in [9.17, 15) is 14.7 Å². The molecule has 0 amide bonds. The standard InChI is InChI=1S/C26H28N4O4S/c1-16-14-20(17(2)30(16)19-9-6-8-18(15-19)25(32)33)24-23(21-10-4-5-12-27-21)28-26(35)29(24)13-7-11-22(31)34-3/h4-6,8-10,12,14-15,23-24H,7,11,13H2,1-3H3,(H,28,35)(H,32,33). The maximum Gasteiger partial charge on any atom is 0.335 e. The summed E-state index contributed by atoms with van der Waals surface area (Å²) in [5, 5.41) is 13.5. The van der Waals surface area contributed by atoms with Crippen molar-refractivity contribution in [2.24, 2.45) is 0 Å². The second kappa shape index (κ2) is 10.3. The highest BCUT2D eigenvalue weighted by Crippen LogP contribution is 2.41. The van der Waals surface area contributed by atoms with Crippen LogP contribution in [0.3, 0.4) is 0 Å². The average molecular weight is 493 g/mol. The fourth-order valence-electron chi connectivity index (χ4n) is 4.74. The summed E-state index contributed by atoms with van der Waals surface area (Å²) in [6.07, 6.45) is 2.66. The van der Waals surface area contributed by atoms with Crippen molar-refractivity contribution in [2.45, 2.75) is 38.8 Å². The third-order valence-corrected chi connectivity index (χ3v) is 6.70. The lowest BCUT2D eigenvalue weighted by atomic mass is 9.96. The zero-order valence-electron chi connectivity index (χ0n) is 19.9. The van der Waals surface area contributed by atoms with E-state index in [0.717, 1.165) is 28.3 Å². The van der Waals surface area contributed by atoms with Crippen LogP contribution in [0, 0.1) is 13.8 Å². The Labute approximate surface area is 209 Å². The van der Waals surface area contributed by atoms with Crippen LogP contribution in [0.5, 0.6) is 0 Å². The molecule has 4 rings (SSSR count). The largest absolute Gasteiger partial charge is 0.478 e. The van der Waals surface area contributed by atoms with E-state index in [2.05, 4.69) is 25.8 Å². The molecule has 35 heavy (non-hydrogen) atoms. The maximum absolute atomic E-state index is 11.7. The van der Waals surface area contributed by atoms with Gasteiger partial charge in [-0.2, -0.15) is 0 Å². The van der Waals surface area contributed by atoms with Gasteiger partial charge < -0.3 is 24.6 Å². The molecule has 0 radical (unpaired) electrons. The van der Waals surface area contributed by atoms with Gasteiger partial charge in [-0.3, -0.25) is 9.78 Å². The predicted molar refractivity (Wildman–Crippen MR) is 136 cm³/mol. The number of nitrogens with zero attached hydrogens (tertiary/aromatic N) is 3. The molecular formula is C26H28N4O4S. The molecule has 9 heteroatoms. The van der Waals surface area contributed by atoms with Gasteiger partial charge in [0.2, 0.25) is 0 Å². The van der Waals surface area contributed by atoms with Gasteiger partial charge in [0.15, 0.2) is 5.11 Å². The molecular weight excluding hydrogens is 464 g/mol. The molecule has 1 aromatic carbocycles. The van der Waals surface area contributed by atoms with Gasteiger partial charge in [0, 0.05) is 36.2 Å².